The summed E-state index contributed by atoms with van der Waals surface area (Å²) in [5.74, 6) is -1.87. The van der Waals surface area contributed by atoms with Gasteiger partial charge in [0.1, 0.15) is 5.58 Å². The summed E-state index contributed by atoms with van der Waals surface area (Å²) in [6.45, 7) is 1.93. The average molecular weight is 478 g/mol. The molecule has 1 N–H and O–H groups in total. The summed E-state index contributed by atoms with van der Waals surface area (Å²) in [4.78, 5) is 28.2. The van der Waals surface area contributed by atoms with Crippen LogP contribution in [0.2, 0.25) is 10.0 Å². The normalized spacial score (nSPS) is 16.2. The molecule has 2 heterocycles. The molecular formula is C26H17Cl2NO4. The number of para-hydroxylation sites is 1. The molecular weight excluding hydrogens is 461 g/mol. The first kappa shape index (κ1) is 21.3. The van der Waals surface area contributed by atoms with Crippen LogP contribution >= 0.6 is 23.2 Å². The molecule has 33 heavy (non-hydrogen) atoms. The first-order valence-electron chi connectivity index (χ1n) is 10.2. The third-order valence-corrected chi connectivity index (χ3v) is 6.41. The Bertz CT molecular complexity index is 1420. The summed E-state index contributed by atoms with van der Waals surface area (Å²) in [5.41, 5.74) is 2.51. The number of benzene rings is 3. The largest absolute Gasteiger partial charge is 0.503 e. The molecule has 0 bridgehead atoms. The molecule has 1 unspecified atom stereocenters. The Labute approximate surface area is 199 Å². The highest BCUT2D eigenvalue weighted by atomic mass is 35.5. The molecule has 0 aliphatic carbocycles. The molecule has 1 aromatic heterocycles. The van der Waals surface area contributed by atoms with E-state index in [2.05, 4.69) is 0 Å². The van der Waals surface area contributed by atoms with Crippen molar-refractivity contribution in [3.05, 3.63) is 111 Å². The monoisotopic (exact) mass is 477 g/mol. The first-order chi connectivity index (χ1) is 15.8. The van der Waals surface area contributed by atoms with Crippen molar-refractivity contribution in [1.29, 1.82) is 0 Å². The summed E-state index contributed by atoms with van der Waals surface area (Å²) < 4.78 is 5.74. The number of fused-ring (bicyclic) bond motifs is 1. The van der Waals surface area contributed by atoms with Gasteiger partial charge in [-0.05, 0) is 48.9 Å². The van der Waals surface area contributed by atoms with E-state index >= 15 is 0 Å². The van der Waals surface area contributed by atoms with Crippen LogP contribution in [0.4, 0.5) is 5.69 Å². The number of aryl methyl sites for hydroxylation is 1. The number of hydrogen-bond acceptors (Lipinski definition) is 4. The van der Waals surface area contributed by atoms with Crippen LogP contribution in [-0.2, 0) is 4.79 Å². The number of rotatable bonds is 4. The maximum absolute atomic E-state index is 13.6. The van der Waals surface area contributed by atoms with Gasteiger partial charge in [0.2, 0.25) is 5.78 Å². The lowest BCUT2D eigenvalue weighted by molar-refractivity contribution is -0.117. The van der Waals surface area contributed by atoms with Gasteiger partial charge in [-0.1, -0.05) is 65.2 Å². The first-order valence-corrected chi connectivity index (χ1v) is 10.9. The fourth-order valence-corrected chi connectivity index (χ4v) is 4.34. The Morgan fingerprint density at radius 3 is 2.39 bits per heavy atom. The highest BCUT2D eigenvalue weighted by Gasteiger charge is 2.45. The number of aliphatic hydroxyl groups excluding tert-OH is 1. The molecule has 1 aliphatic heterocycles. The third kappa shape index (κ3) is 3.59. The number of aliphatic hydroxyl groups is 1. The lowest BCUT2D eigenvalue weighted by Crippen LogP contribution is -2.31. The number of nitrogens with zero attached hydrogens (tertiary/aromatic N) is 1. The Morgan fingerprint density at radius 1 is 0.970 bits per heavy atom. The quantitative estimate of drug-likeness (QED) is 0.327. The van der Waals surface area contributed by atoms with E-state index in [0.717, 1.165) is 10.9 Å². The zero-order valence-corrected chi connectivity index (χ0v) is 18.9. The van der Waals surface area contributed by atoms with Crippen LogP contribution in [0, 0.1) is 6.92 Å². The van der Waals surface area contributed by atoms with Crippen LogP contribution < -0.4 is 4.90 Å². The summed E-state index contributed by atoms with van der Waals surface area (Å²) >= 11 is 12.4. The van der Waals surface area contributed by atoms with E-state index in [1.807, 2.05) is 31.2 Å². The Balaban J connectivity index is 1.68. The number of amides is 1. The van der Waals surface area contributed by atoms with Crippen molar-refractivity contribution in [3.63, 3.8) is 0 Å². The van der Waals surface area contributed by atoms with Gasteiger partial charge in [-0.2, -0.15) is 0 Å². The predicted molar refractivity (Wildman–Crippen MR) is 128 cm³/mol. The Kier molecular flexibility index (Phi) is 5.23. The maximum Gasteiger partial charge on any atom is 0.294 e. The van der Waals surface area contributed by atoms with Crippen molar-refractivity contribution >= 4 is 51.5 Å². The standard InChI is InChI=1S/C26H17Cl2NO4/c1-14-6-9-17(10-7-14)29-23(16-8-11-18(27)19(28)12-16)22(25(31)26(29)32)24(30)21-13-15-4-2-3-5-20(15)33-21/h2-13,23,31H,1H3. The minimum Gasteiger partial charge on any atom is -0.503 e. The summed E-state index contributed by atoms with van der Waals surface area (Å²) in [6, 6.07) is 20.0. The van der Waals surface area contributed by atoms with Gasteiger partial charge in [0.25, 0.3) is 5.91 Å². The molecule has 0 saturated carbocycles. The van der Waals surface area contributed by atoms with Gasteiger partial charge in [0.15, 0.2) is 11.5 Å². The number of Topliss-reactive ketones (excluding diaryl/α,β-unsaturated/α-hetero) is 1. The van der Waals surface area contributed by atoms with Gasteiger partial charge >= 0.3 is 0 Å². The van der Waals surface area contributed by atoms with E-state index in [1.54, 1.807) is 48.5 Å². The van der Waals surface area contributed by atoms with E-state index in [0.29, 0.717) is 21.9 Å². The number of anilines is 1. The van der Waals surface area contributed by atoms with Gasteiger partial charge < -0.3 is 9.52 Å². The fraction of sp³-hybridized carbons (Fsp3) is 0.0769. The van der Waals surface area contributed by atoms with Gasteiger partial charge in [0.05, 0.1) is 21.7 Å². The molecule has 3 aromatic carbocycles. The number of carbonyl (C=O) groups excluding carboxylic acids is 2. The second kappa shape index (κ2) is 8.10. The topological polar surface area (TPSA) is 70.8 Å². The Morgan fingerprint density at radius 2 is 1.70 bits per heavy atom. The number of hydrogen-bond donors (Lipinski definition) is 1. The summed E-state index contributed by atoms with van der Waals surface area (Å²) in [6.07, 6.45) is 0. The molecule has 0 spiro atoms. The van der Waals surface area contributed by atoms with E-state index in [-0.39, 0.29) is 16.4 Å². The van der Waals surface area contributed by atoms with Crippen molar-refractivity contribution < 1.29 is 19.1 Å². The van der Waals surface area contributed by atoms with Gasteiger partial charge in [-0.3, -0.25) is 14.5 Å². The minimum atomic E-state index is -0.921. The molecule has 0 fully saturated rings. The van der Waals surface area contributed by atoms with Crippen molar-refractivity contribution in [2.75, 3.05) is 4.90 Å². The number of ketones is 1. The number of carbonyl (C=O) groups is 2. The van der Waals surface area contributed by atoms with E-state index in [1.165, 1.54) is 4.90 Å². The smallest absolute Gasteiger partial charge is 0.294 e. The van der Waals surface area contributed by atoms with Crippen LogP contribution in [-0.4, -0.2) is 16.8 Å². The summed E-state index contributed by atoms with van der Waals surface area (Å²) in [7, 11) is 0. The van der Waals surface area contributed by atoms with Crippen LogP contribution in [0.15, 0.2) is 88.5 Å². The van der Waals surface area contributed by atoms with Gasteiger partial charge in [-0.15, -0.1) is 0 Å². The molecule has 7 heteroatoms. The molecule has 4 aromatic rings. The van der Waals surface area contributed by atoms with Crippen molar-refractivity contribution in [1.82, 2.24) is 0 Å². The lowest BCUT2D eigenvalue weighted by atomic mass is 9.94. The van der Waals surface area contributed by atoms with Crippen LogP contribution in [0.3, 0.4) is 0 Å². The van der Waals surface area contributed by atoms with E-state index in [4.69, 9.17) is 27.6 Å². The van der Waals surface area contributed by atoms with E-state index < -0.39 is 23.5 Å². The number of halogens is 2. The van der Waals surface area contributed by atoms with Crippen molar-refractivity contribution in [2.24, 2.45) is 0 Å². The van der Waals surface area contributed by atoms with Gasteiger partial charge in [-0.25, -0.2) is 0 Å². The average Bonchev–Trinajstić information content (AvgIpc) is 3.35. The second-order valence-electron chi connectivity index (χ2n) is 7.83. The Hall–Kier alpha value is -3.54. The van der Waals surface area contributed by atoms with Crippen LogP contribution in [0.25, 0.3) is 11.0 Å². The molecule has 1 atom stereocenters. The molecule has 0 saturated heterocycles. The molecule has 5 rings (SSSR count). The predicted octanol–water partition coefficient (Wildman–Crippen LogP) is 6.83. The molecule has 164 valence electrons. The highest BCUT2D eigenvalue weighted by molar-refractivity contribution is 6.42. The summed E-state index contributed by atoms with van der Waals surface area (Å²) in [5, 5.41) is 12.2. The highest BCUT2D eigenvalue weighted by Crippen LogP contribution is 2.43. The molecule has 0 radical (unpaired) electrons. The van der Waals surface area contributed by atoms with Crippen LogP contribution in [0.5, 0.6) is 0 Å². The fourth-order valence-electron chi connectivity index (χ4n) is 4.03. The third-order valence-electron chi connectivity index (χ3n) is 5.67. The van der Waals surface area contributed by atoms with Crippen LogP contribution in [0.1, 0.15) is 27.7 Å². The SMILES string of the molecule is Cc1ccc(N2C(=O)C(O)=C(C(=O)c3cc4ccccc4o3)C2c2ccc(Cl)c(Cl)c2)cc1. The van der Waals surface area contributed by atoms with Crippen molar-refractivity contribution in [2.45, 2.75) is 13.0 Å². The molecule has 1 amide bonds. The molecule has 1 aliphatic rings. The van der Waals surface area contributed by atoms with E-state index in [9.17, 15) is 14.7 Å². The lowest BCUT2D eigenvalue weighted by Gasteiger charge is -2.27. The second-order valence-corrected chi connectivity index (χ2v) is 8.64. The molecule has 5 nitrogen and oxygen atoms in total. The zero-order valence-electron chi connectivity index (χ0n) is 17.4. The minimum absolute atomic E-state index is 0.0290. The van der Waals surface area contributed by atoms with Crippen molar-refractivity contribution in [3.8, 4) is 0 Å². The number of furan rings is 1. The zero-order chi connectivity index (χ0) is 23.3. The van der Waals surface area contributed by atoms with Gasteiger partial charge in [0, 0.05) is 11.1 Å². The maximum atomic E-state index is 13.6.